The van der Waals surface area contributed by atoms with Crippen LogP contribution >= 0.6 is 23.4 Å². The second-order valence-electron chi connectivity index (χ2n) is 6.25. The molecule has 12 heteroatoms. The Morgan fingerprint density at radius 1 is 1.16 bits per heavy atom. The zero-order valence-electron chi connectivity index (χ0n) is 16.9. The van der Waals surface area contributed by atoms with Gasteiger partial charge in [0.15, 0.2) is 21.6 Å². The summed E-state index contributed by atoms with van der Waals surface area (Å²) in [4.78, 5) is 30.3. The van der Waals surface area contributed by atoms with Gasteiger partial charge in [0.25, 0.3) is 5.56 Å². The number of thioether (sulfide) groups is 1. The number of carbonyl (C=O) groups excluding carboxylic acids is 1. The van der Waals surface area contributed by atoms with Crippen molar-refractivity contribution in [2.75, 3.05) is 25.3 Å². The number of benzene rings is 2. The van der Waals surface area contributed by atoms with E-state index in [4.69, 9.17) is 21.1 Å². The summed E-state index contributed by atoms with van der Waals surface area (Å²) in [5, 5.41) is 3.02. The van der Waals surface area contributed by atoms with Crippen molar-refractivity contribution in [1.29, 1.82) is 0 Å². The first-order chi connectivity index (χ1) is 15.2. The van der Waals surface area contributed by atoms with Gasteiger partial charge in [-0.3, -0.25) is 9.59 Å². The largest absolute Gasteiger partial charge is 0.493 e. The van der Waals surface area contributed by atoms with Crippen LogP contribution in [0, 0.1) is 0 Å². The smallest absolute Gasteiger partial charge is 0.270 e. The van der Waals surface area contributed by atoms with Crippen LogP contribution in [0.4, 0.5) is 5.69 Å². The topological polar surface area (TPSA) is 127 Å². The molecule has 9 nitrogen and oxygen atoms in total. The number of nitrogens with zero attached hydrogens (tertiary/aromatic N) is 1. The van der Waals surface area contributed by atoms with Crippen LogP contribution < -0.4 is 20.3 Å². The number of nitrogens with one attached hydrogen (secondary N) is 2. The minimum atomic E-state index is -4.09. The fraction of sp³-hybridized carbons (Fsp3) is 0.150. The third-order valence-electron chi connectivity index (χ3n) is 4.15. The number of hydrogen-bond acceptors (Lipinski definition) is 8. The number of halogens is 1. The van der Waals surface area contributed by atoms with Gasteiger partial charge in [-0.1, -0.05) is 29.4 Å². The highest BCUT2D eigenvalue weighted by Gasteiger charge is 2.22. The molecule has 0 bridgehead atoms. The quantitative estimate of drug-likeness (QED) is 0.360. The molecule has 0 aliphatic rings. The van der Waals surface area contributed by atoms with Crippen molar-refractivity contribution >= 4 is 44.8 Å². The van der Waals surface area contributed by atoms with Gasteiger partial charge >= 0.3 is 0 Å². The highest BCUT2D eigenvalue weighted by atomic mass is 35.5. The molecule has 0 unspecified atom stereocenters. The van der Waals surface area contributed by atoms with E-state index in [1.54, 1.807) is 18.2 Å². The predicted molar refractivity (Wildman–Crippen MR) is 121 cm³/mol. The van der Waals surface area contributed by atoms with Crippen LogP contribution in [0.3, 0.4) is 0 Å². The first kappa shape index (κ1) is 23.6. The number of amides is 1. The van der Waals surface area contributed by atoms with Crippen LogP contribution in [0.15, 0.2) is 68.4 Å². The summed E-state index contributed by atoms with van der Waals surface area (Å²) in [5.41, 5.74) is -0.347. The third kappa shape index (κ3) is 5.42. The Kier molecular flexibility index (Phi) is 7.44. The first-order valence-corrected chi connectivity index (χ1v) is 11.8. The number of rotatable bonds is 8. The fourth-order valence-corrected chi connectivity index (χ4v) is 4.81. The zero-order chi connectivity index (χ0) is 23.3. The van der Waals surface area contributed by atoms with E-state index in [1.807, 2.05) is 0 Å². The van der Waals surface area contributed by atoms with Crippen molar-refractivity contribution in [2.24, 2.45) is 0 Å². The van der Waals surface area contributed by atoms with Gasteiger partial charge in [-0.15, -0.1) is 0 Å². The molecular weight excluding hydrogens is 478 g/mol. The fourth-order valence-electron chi connectivity index (χ4n) is 2.64. The number of methoxy groups -OCH3 is 2. The average molecular weight is 496 g/mol. The number of ether oxygens (including phenoxy) is 2. The molecule has 0 saturated carbocycles. The van der Waals surface area contributed by atoms with Gasteiger partial charge in [-0.2, -0.15) is 0 Å². The van der Waals surface area contributed by atoms with E-state index < -0.39 is 20.3 Å². The van der Waals surface area contributed by atoms with Gasteiger partial charge in [0, 0.05) is 16.8 Å². The molecular formula is C20H18ClN3O6S2. The van der Waals surface area contributed by atoms with Crippen LogP contribution in [-0.4, -0.2) is 44.3 Å². The monoisotopic (exact) mass is 495 g/mol. The molecule has 0 radical (unpaired) electrons. The molecule has 1 aromatic heterocycles. The van der Waals surface area contributed by atoms with E-state index >= 15 is 0 Å². The van der Waals surface area contributed by atoms with Crippen molar-refractivity contribution < 1.29 is 22.7 Å². The molecule has 0 spiro atoms. The van der Waals surface area contributed by atoms with Crippen molar-refractivity contribution in [3.05, 3.63) is 64.0 Å². The van der Waals surface area contributed by atoms with Crippen molar-refractivity contribution in [2.45, 2.75) is 14.9 Å². The number of sulfone groups is 1. The van der Waals surface area contributed by atoms with E-state index in [9.17, 15) is 18.0 Å². The molecule has 168 valence electrons. The number of carbonyl (C=O) groups is 1. The third-order valence-corrected chi connectivity index (χ3v) is 7.01. The molecule has 0 atom stereocenters. The zero-order valence-corrected chi connectivity index (χ0v) is 19.3. The van der Waals surface area contributed by atoms with Crippen LogP contribution in [-0.2, 0) is 14.6 Å². The summed E-state index contributed by atoms with van der Waals surface area (Å²) in [6, 6.07) is 10.5. The van der Waals surface area contributed by atoms with E-state index in [1.165, 1.54) is 38.5 Å². The lowest BCUT2D eigenvalue weighted by molar-refractivity contribution is -0.113. The Balaban J connectivity index is 1.68. The minimum absolute atomic E-state index is 0.0718. The second kappa shape index (κ2) is 10.1. The minimum Gasteiger partial charge on any atom is -0.493 e. The van der Waals surface area contributed by atoms with E-state index in [0.29, 0.717) is 17.2 Å². The molecule has 2 N–H and O–H groups in total. The number of H-pyrrole nitrogens is 1. The lowest BCUT2D eigenvalue weighted by Gasteiger charge is -2.10. The van der Waals surface area contributed by atoms with Crippen molar-refractivity contribution in [1.82, 2.24) is 9.97 Å². The van der Waals surface area contributed by atoms with Crippen molar-refractivity contribution in [3.8, 4) is 11.5 Å². The van der Waals surface area contributed by atoms with Gasteiger partial charge in [-0.05, 0) is 30.3 Å². The lowest BCUT2D eigenvalue weighted by atomic mass is 10.2. The standard InChI is InChI=1S/C20H18ClN3O6S2/c1-29-15-7-6-13(9-16(15)30-2)23-18(25)11-31-20-22-10-17(19(26)24-20)32(27,28)14-5-3-4-12(21)8-14/h3-10H,11H2,1-2H3,(H,23,25)(H,22,24,26). The molecule has 0 aliphatic carbocycles. The molecule has 1 heterocycles. The Labute approximate surface area is 193 Å². The number of anilines is 1. The van der Waals surface area contributed by atoms with Crippen LogP contribution in [0.5, 0.6) is 11.5 Å². The molecule has 0 saturated heterocycles. The van der Waals surface area contributed by atoms with E-state index in [2.05, 4.69) is 15.3 Å². The maximum absolute atomic E-state index is 12.7. The summed E-state index contributed by atoms with van der Waals surface area (Å²) in [6.45, 7) is 0. The molecule has 32 heavy (non-hydrogen) atoms. The molecule has 3 aromatic rings. The highest BCUT2D eigenvalue weighted by molar-refractivity contribution is 7.99. The molecule has 2 aromatic carbocycles. The lowest BCUT2D eigenvalue weighted by Crippen LogP contribution is -2.20. The maximum atomic E-state index is 12.7. The summed E-state index contributed by atoms with van der Waals surface area (Å²) in [7, 11) is -1.10. The average Bonchev–Trinajstić information content (AvgIpc) is 2.77. The Morgan fingerprint density at radius 3 is 2.56 bits per heavy atom. The first-order valence-electron chi connectivity index (χ1n) is 8.99. The van der Waals surface area contributed by atoms with Gasteiger partial charge in [0.1, 0.15) is 0 Å². The van der Waals surface area contributed by atoms with E-state index in [0.717, 1.165) is 18.0 Å². The molecule has 1 amide bonds. The predicted octanol–water partition coefficient (Wildman–Crippen LogP) is 3.00. The van der Waals surface area contributed by atoms with Gasteiger partial charge < -0.3 is 19.8 Å². The van der Waals surface area contributed by atoms with Gasteiger partial charge in [0.2, 0.25) is 15.7 Å². The van der Waals surface area contributed by atoms with E-state index in [-0.39, 0.29) is 26.7 Å². The highest BCUT2D eigenvalue weighted by Crippen LogP contribution is 2.30. The van der Waals surface area contributed by atoms with Crippen LogP contribution in [0.25, 0.3) is 0 Å². The number of aromatic amines is 1. The number of aromatic nitrogens is 2. The second-order valence-corrected chi connectivity index (χ2v) is 9.57. The Hall–Kier alpha value is -3.02. The Morgan fingerprint density at radius 2 is 1.91 bits per heavy atom. The summed E-state index contributed by atoms with van der Waals surface area (Å²) in [5.74, 6) is 0.549. The van der Waals surface area contributed by atoms with Crippen LogP contribution in [0.2, 0.25) is 5.02 Å². The summed E-state index contributed by atoms with van der Waals surface area (Å²) >= 11 is 6.79. The van der Waals surface area contributed by atoms with Crippen molar-refractivity contribution in [3.63, 3.8) is 0 Å². The summed E-state index contributed by atoms with van der Waals surface area (Å²) in [6.07, 6.45) is 0.962. The molecule has 0 aliphatic heterocycles. The maximum Gasteiger partial charge on any atom is 0.270 e. The van der Waals surface area contributed by atoms with Crippen LogP contribution in [0.1, 0.15) is 0 Å². The number of hydrogen-bond donors (Lipinski definition) is 2. The SMILES string of the molecule is COc1ccc(NC(=O)CSc2ncc(S(=O)(=O)c3cccc(Cl)c3)c(=O)[nH]2)cc1OC. The summed E-state index contributed by atoms with van der Waals surface area (Å²) < 4.78 is 35.7. The normalized spacial score (nSPS) is 11.1. The Bertz CT molecular complexity index is 1310. The molecule has 3 rings (SSSR count). The van der Waals surface area contributed by atoms with Gasteiger partial charge in [0.05, 0.1) is 31.1 Å². The van der Waals surface area contributed by atoms with Gasteiger partial charge in [-0.25, -0.2) is 13.4 Å². The molecule has 0 fully saturated rings.